The number of fused-ring (bicyclic) bond motifs is 1. The van der Waals surface area contributed by atoms with Crippen molar-refractivity contribution in [3.05, 3.63) is 40.4 Å². The zero-order valence-electron chi connectivity index (χ0n) is 9.04. The maximum absolute atomic E-state index is 10.8. The minimum atomic E-state index is -0.408. The van der Waals surface area contributed by atoms with Gasteiger partial charge in [-0.25, -0.2) is 4.98 Å². The normalized spacial score (nSPS) is 10.4. The molecule has 1 heterocycles. The number of hydrogen-bond donors (Lipinski definition) is 0. The lowest BCUT2D eigenvalue weighted by Crippen LogP contribution is -2.10. The van der Waals surface area contributed by atoms with Crippen LogP contribution in [0.15, 0.2) is 30.3 Å². The Kier molecular flexibility index (Phi) is 2.44. The van der Waals surface area contributed by atoms with Crippen LogP contribution in [0, 0.1) is 10.1 Å². The molecule has 0 atom stereocenters. The van der Waals surface area contributed by atoms with E-state index in [-0.39, 0.29) is 5.69 Å². The Labute approximate surface area is 92.5 Å². The minimum Gasteiger partial charge on any atom is -0.363 e. The third-order valence-corrected chi connectivity index (χ3v) is 2.34. The van der Waals surface area contributed by atoms with Crippen LogP contribution in [0.5, 0.6) is 0 Å². The summed E-state index contributed by atoms with van der Waals surface area (Å²) in [5.74, 6) is 0.710. The number of rotatable bonds is 2. The highest BCUT2D eigenvalue weighted by Crippen LogP contribution is 2.25. The molecular weight excluding hydrogens is 206 g/mol. The van der Waals surface area contributed by atoms with Crippen LogP contribution in [0.1, 0.15) is 0 Å². The van der Waals surface area contributed by atoms with Crippen LogP contribution < -0.4 is 4.90 Å². The summed E-state index contributed by atoms with van der Waals surface area (Å²) in [7, 11) is 3.70. The van der Waals surface area contributed by atoms with Crippen molar-refractivity contribution in [3.8, 4) is 0 Å². The number of benzene rings is 1. The maximum Gasteiger partial charge on any atom is 0.295 e. The molecule has 0 fully saturated rings. The number of anilines is 1. The average molecular weight is 217 g/mol. The average Bonchev–Trinajstić information content (AvgIpc) is 2.27. The number of nitro groups is 1. The van der Waals surface area contributed by atoms with Crippen LogP contribution >= 0.6 is 0 Å². The molecule has 16 heavy (non-hydrogen) atoms. The first-order valence-electron chi connectivity index (χ1n) is 4.81. The number of non-ortho nitro benzene ring substituents is 1. The van der Waals surface area contributed by atoms with Gasteiger partial charge in [-0.3, -0.25) is 10.1 Å². The van der Waals surface area contributed by atoms with Crippen molar-refractivity contribution in [1.82, 2.24) is 4.98 Å². The van der Waals surface area contributed by atoms with E-state index in [2.05, 4.69) is 4.98 Å². The van der Waals surface area contributed by atoms with E-state index in [0.717, 1.165) is 5.39 Å². The van der Waals surface area contributed by atoms with Crippen LogP contribution in [-0.4, -0.2) is 24.0 Å². The lowest BCUT2D eigenvalue weighted by molar-refractivity contribution is -0.383. The summed E-state index contributed by atoms with van der Waals surface area (Å²) in [6, 6.07) is 8.62. The number of para-hydroxylation sites is 1. The third-order valence-electron chi connectivity index (χ3n) is 2.34. The van der Waals surface area contributed by atoms with Crippen molar-refractivity contribution in [1.29, 1.82) is 0 Å². The zero-order valence-corrected chi connectivity index (χ0v) is 9.04. The largest absolute Gasteiger partial charge is 0.363 e. The molecule has 0 saturated heterocycles. The first-order valence-corrected chi connectivity index (χ1v) is 4.81. The van der Waals surface area contributed by atoms with Gasteiger partial charge in [-0.1, -0.05) is 12.1 Å². The number of pyridine rings is 1. The van der Waals surface area contributed by atoms with Crippen molar-refractivity contribution in [2.24, 2.45) is 0 Å². The highest BCUT2D eigenvalue weighted by atomic mass is 16.6. The standard InChI is InChI=1S/C11H11N3O2/c1-13(2)10-7-6-8-4-3-5-9(14(15)16)11(8)12-10/h3-7H,1-2H3. The Morgan fingerprint density at radius 1 is 1.25 bits per heavy atom. The zero-order chi connectivity index (χ0) is 11.7. The van der Waals surface area contributed by atoms with Crippen molar-refractivity contribution in [3.63, 3.8) is 0 Å². The van der Waals surface area contributed by atoms with Gasteiger partial charge in [0.15, 0.2) is 5.52 Å². The third kappa shape index (κ3) is 1.67. The monoisotopic (exact) mass is 217 g/mol. The molecule has 0 aliphatic heterocycles. The van der Waals surface area contributed by atoms with Gasteiger partial charge in [0.2, 0.25) is 0 Å². The van der Waals surface area contributed by atoms with Gasteiger partial charge in [0.25, 0.3) is 5.69 Å². The summed E-state index contributed by atoms with van der Waals surface area (Å²) in [6.07, 6.45) is 0. The Morgan fingerprint density at radius 3 is 2.62 bits per heavy atom. The van der Waals surface area contributed by atoms with Crippen molar-refractivity contribution >= 4 is 22.4 Å². The summed E-state index contributed by atoms with van der Waals surface area (Å²) in [5.41, 5.74) is 0.472. The molecule has 0 unspecified atom stereocenters. The molecule has 0 aliphatic carbocycles. The fraction of sp³-hybridized carbons (Fsp3) is 0.182. The predicted octanol–water partition coefficient (Wildman–Crippen LogP) is 2.21. The van der Waals surface area contributed by atoms with Gasteiger partial charge in [0.1, 0.15) is 5.82 Å². The minimum absolute atomic E-state index is 0.0428. The molecule has 1 aromatic heterocycles. The molecular formula is C11H11N3O2. The molecule has 0 N–H and O–H groups in total. The summed E-state index contributed by atoms with van der Waals surface area (Å²) in [4.78, 5) is 16.5. The van der Waals surface area contributed by atoms with Gasteiger partial charge in [0, 0.05) is 25.5 Å². The van der Waals surface area contributed by atoms with Gasteiger partial charge in [-0.15, -0.1) is 0 Å². The van der Waals surface area contributed by atoms with Gasteiger partial charge in [0.05, 0.1) is 4.92 Å². The Bertz CT molecular complexity index is 552. The molecule has 82 valence electrons. The molecule has 2 rings (SSSR count). The van der Waals surface area contributed by atoms with Crippen LogP contribution in [0.25, 0.3) is 10.9 Å². The lowest BCUT2D eigenvalue weighted by atomic mass is 10.2. The second kappa shape index (κ2) is 3.77. The molecule has 1 aromatic carbocycles. The van der Waals surface area contributed by atoms with E-state index in [0.29, 0.717) is 11.3 Å². The molecule has 0 aliphatic rings. The summed E-state index contributed by atoms with van der Waals surface area (Å²) in [6.45, 7) is 0. The smallest absolute Gasteiger partial charge is 0.295 e. The maximum atomic E-state index is 10.8. The first-order chi connectivity index (χ1) is 7.59. The topological polar surface area (TPSA) is 59.3 Å². The van der Waals surface area contributed by atoms with Crippen LogP contribution in [-0.2, 0) is 0 Å². The molecule has 5 nitrogen and oxygen atoms in total. The second-order valence-electron chi connectivity index (χ2n) is 3.67. The van der Waals surface area contributed by atoms with E-state index < -0.39 is 4.92 Å². The second-order valence-corrected chi connectivity index (χ2v) is 3.67. The summed E-state index contributed by atoms with van der Waals surface area (Å²) >= 11 is 0. The Hall–Kier alpha value is -2.17. The first kappa shape index (κ1) is 10.4. The van der Waals surface area contributed by atoms with E-state index in [4.69, 9.17) is 0 Å². The number of hydrogen-bond acceptors (Lipinski definition) is 4. The molecule has 0 bridgehead atoms. The van der Waals surface area contributed by atoms with Gasteiger partial charge >= 0.3 is 0 Å². The molecule has 2 aromatic rings. The fourth-order valence-corrected chi connectivity index (χ4v) is 1.52. The van der Waals surface area contributed by atoms with Gasteiger partial charge in [-0.2, -0.15) is 0 Å². The highest BCUT2D eigenvalue weighted by molar-refractivity contribution is 5.88. The molecule has 0 saturated carbocycles. The van der Waals surface area contributed by atoms with Gasteiger partial charge < -0.3 is 4.90 Å². The van der Waals surface area contributed by atoms with Crippen LogP contribution in [0.4, 0.5) is 11.5 Å². The summed E-state index contributed by atoms with van der Waals surface area (Å²) < 4.78 is 0. The predicted molar refractivity (Wildman–Crippen MR) is 62.7 cm³/mol. The molecule has 0 amide bonds. The summed E-state index contributed by atoms with van der Waals surface area (Å²) in [5, 5.41) is 11.6. The van der Waals surface area contributed by atoms with Crippen molar-refractivity contribution < 1.29 is 4.92 Å². The van der Waals surface area contributed by atoms with Crippen molar-refractivity contribution in [2.45, 2.75) is 0 Å². The fourth-order valence-electron chi connectivity index (χ4n) is 1.52. The van der Waals surface area contributed by atoms with E-state index in [1.807, 2.05) is 37.2 Å². The van der Waals surface area contributed by atoms with Crippen LogP contribution in [0.2, 0.25) is 0 Å². The quantitative estimate of drug-likeness (QED) is 0.571. The van der Waals surface area contributed by atoms with Crippen molar-refractivity contribution in [2.75, 3.05) is 19.0 Å². The molecule has 0 radical (unpaired) electrons. The lowest BCUT2D eigenvalue weighted by Gasteiger charge is -2.11. The molecule has 5 heteroatoms. The van der Waals surface area contributed by atoms with Gasteiger partial charge in [-0.05, 0) is 12.1 Å². The van der Waals surface area contributed by atoms with E-state index in [1.54, 1.807) is 6.07 Å². The van der Waals surface area contributed by atoms with E-state index in [9.17, 15) is 10.1 Å². The SMILES string of the molecule is CN(C)c1ccc2cccc([N+](=O)[O-])c2n1. The number of aromatic nitrogens is 1. The van der Waals surface area contributed by atoms with E-state index in [1.165, 1.54) is 6.07 Å². The molecule has 0 spiro atoms. The highest BCUT2D eigenvalue weighted by Gasteiger charge is 2.13. The number of nitrogens with zero attached hydrogens (tertiary/aromatic N) is 3. The van der Waals surface area contributed by atoms with E-state index >= 15 is 0 Å². The van der Waals surface area contributed by atoms with Crippen LogP contribution in [0.3, 0.4) is 0 Å². The Balaban J connectivity index is 2.73. The number of nitro benzene ring substituents is 1. The Morgan fingerprint density at radius 2 is 2.00 bits per heavy atom.